The fourth-order valence-corrected chi connectivity index (χ4v) is 4.67. The molecule has 6 nitrogen and oxygen atoms in total. The molecule has 0 spiro atoms. The van der Waals surface area contributed by atoms with E-state index in [1.165, 1.54) is 24.4 Å². The molecule has 4 rings (SSSR count). The first-order valence-electron chi connectivity index (χ1n) is 10.7. The zero-order valence-electron chi connectivity index (χ0n) is 18.1. The molecular formula is C23H24Cl2F2N4O2. The van der Waals surface area contributed by atoms with E-state index in [0.29, 0.717) is 55.8 Å². The van der Waals surface area contributed by atoms with Crippen molar-refractivity contribution in [1.82, 2.24) is 19.2 Å². The molecule has 3 heterocycles. The van der Waals surface area contributed by atoms with Crippen LogP contribution >= 0.6 is 23.2 Å². The minimum absolute atomic E-state index is 0.0169. The fourth-order valence-electron chi connectivity index (χ4n) is 4.23. The zero-order chi connectivity index (χ0) is 23.7. The van der Waals surface area contributed by atoms with Crippen molar-refractivity contribution in [2.45, 2.75) is 25.8 Å². The molecule has 0 saturated carbocycles. The van der Waals surface area contributed by atoms with Crippen LogP contribution in [0.4, 0.5) is 8.78 Å². The Kier molecular flexibility index (Phi) is 7.07. The number of nitrogens with one attached hydrogen (secondary N) is 1. The molecule has 1 N–H and O–H groups in total. The number of hydrogen-bond donors (Lipinski definition) is 1. The number of benzene rings is 1. The molecule has 1 aliphatic rings. The number of fused-ring (bicyclic) bond motifs is 1. The lowest BCUT2D eigenvalue weighted by Gasteiger charge is -2.25. The van der Waals surface area contributed by atoms with E-state index in [9.17, 15) is 18.4 Å². The summed E-state index contributed by atoms with van der Waals surface area (Å²) in [4.78, 5) is 31.5. The highest BCUT2D eigenvalue weighted by atomic mass is 35.5. The average Bonchev–Trinajstić information content (AvgIpc) is 2.98. The highest BCUT2D eigenvalue weighted by Crippen LogP contribution is 2.27. The van der Waals surface area contributed by atoms with Gasteiger partial charge in [0.15, 0.2) is 0 Å². The van der Waals surface area contributed by atoms with Crippen molar-refractivity contribution in [3.05, 3.63) is 73.6 Å². The Morgan fingerprint density at radius 1 is 1.18 bits per heavy atom. The molecule has 3 aromatic rings. The van der Waals surface area contributed by atoms with Crippen LogP contribution in [0.2, 0.25) is 10.2 Å². The summed E-state index contributed by atoms with van der Waals surface area (Å²) < 4.78 is 29.2. The van der Waals surface area contributed by atoms with Crippen LogP contribution in [-0.4, -0.2) is 64.0 Å². The second-order valence-electron chi connectivity index (χ2n) is 8.29. The largest absolute Gasteiger partial charge is 0.337 e. The van der Waals surface area contributed by atoms with Crippen LogP contribution in [-0.2, 0) is 6.42 Å². The molecule has 1 aliphatic heterocycles. The van der Waals surface area contributed by atoms with Crippen molar-refractivity contribution < 1.29 is 13.6 Å². The van der Waals surface area contributed by atoms with E-state index < -0.39 is 18.4 Å². The van der Waals surface area contributed by atoms with Crippen LogP contribution in [0.25, 0.3) is 5.52 Å². The second-order valence-corrected chi connectivity index (χ2v) is 9.05. The van der Waals surface area contributed by atoms with Crippen LogP contribution in [0.5, 0.6) is 0 Å². The molecule has 1 amide bonds. The van der Waals surface area contributed by atoms with Gasteiger partial charge in [-0.05, 0) is 37.1 Å². The number of carbonyl (C=O) groups is 1. The van der Waals surface area contributed by atoms with E-state index >= 15 is 0 Å². The van der Waals surface area contributed by atoms with Gasteiger partial charge in [0.25, 0.3) is 11.5 Å². The van der Waals surface area contributed by atoms with Crippen LogP contribution in [0, 0.1) is 5.82 Å². The molecule has 0 aliphatic carbocycles. The molecule has 33 heavy (non-hydrogen) atoms. The molecule has 10 heteroatoms. The summed E-state index contributed by atoms with van der Waals surface area (Å²) in [6.07, 6.45) is 2.51. The van der Waals surface area contributed by atoms with E-state index in [1.807, 2.05) is 11.8 Å². The first-order valence-corrected chi connectivity index (χ1v) is 11.5. The van der Waals surface area contributed by atoms with E-state index in [-0.39, 0.29) is 27.3 Å². The van der Waals surface area contributed by atoms with Crippen LogP contribution in [0.1, 0.15) is 35.0 Å². The standard InChI is InChI=1S/C23H24Cl2F2N4O2/c1-14(12-26)29-5-2-6-30(8-7-29)23(33)17-10-15(3-4-19(17)27)9-16-13-28-22(32)20-11-18(24)21(25)31(16)20/h3-4,10-11,13-14H,2,5-9,12H2,1H3,(H,28,32). The van der Waals surface area contributed by atoms with Gasteiger partial charge in [0.1, 0.15) is 23.2 Å². The molecule has 1 fully saturated rings. The lowest BCUT2D eigenvalue weighted by atomic mass is 10.0. The lowest BCUT2D eigenvalue weighted by Crippen LogP contribution is -2.39. The average molecular weight is 497 g/mol. The third-order valence-electron chi connectivity index (χ3n) is 6.10. The topological polar surface area (TPSA) is 60.8 Å². The predicted molar refractivity (Wildman–Crippen MR) is 125 cm³/mol. The van der Waals surface area contributed by atoms with Gasteiger partial charge in [-0.2, -0.15) is 0 Å². The quantitative estimate of drug-likeness (QED) is 0.576. The van der Waals surface area contributed by atoms with Gasteiger partial charge in [-0.25, -0.2) is 8.78 Å². The van der Waals surface area contributed by atoms with Crippen molar-refractivity contribution in [2.75, 3.05) is 32.9 Å². The number of aromatic amines is 1. The molecule has 1 atom stereocenters. The first-order chi connectivity index (χ1) is 15.8. The monoisotopic (exact) mass is 496 g/mol. The van der Waals surface area contributed by atoms with Crippen molar-refractivity contribution in [3.8, 4) is 0 Å². The molecular weight excluding hydrogens is 473 g/mol. The van der Waals surface area contributed by atoms with E-state index in [1.54, 1.807) is 15.4 Å². The summed E-state index contributed by atoms with van der Waals surface area (Å²) in [5.74, 6) is -0.992. The molecule has 176 valence electrons. The Morgan fingerprint density at radius 2 is 1.97 bits per heavy atom. The van der Waals surface area contributed by atoms with Gasteiger partial charge in [-0.3, -0.25) is 18.9 Å². The fraction of sp³-hybridized carbons (Fsp3) is 0.391. The van der Waals surface area contributed by atoms with E-state index in [4.69, 9.17) is 23.2 Å². The van der Waals surface area contributed by atoms with Crippen LogP contribution in [0.3, 0.4) is 0 Å². The highest BCUT2D eigenvalue weighted by Gasteiger charge is 2.25. The Hall–Kier alpha value is -2.42. The molecule has 0 radical (unpaired) electrons. The summed E-state index contributed by atoms with van der Waals surface area (Å²) >= 11 is 12.4. The van der Waals surface area contributed by atoms with Crippen LogP contribution < -0.4 is 5.56 Å². The summed E-state index contributed by atoms with van der Waals surface area (Å²) in [5, 5.41) is 0.463. The summed E-state index contributed by atoms with van der Waals surface area (Å²) in [5.41, 5.74) is 1.27. The number of alkyl halides is 1. The number of hydrogen-bond acceptors (Lipinski definition) is 3. The molecule has 1 aromatic carbocycles. The van der Waals surface area contributed by atoms with Crippen LogP contribution in [0.15, 0.2) is 35.3 Å². The molecule has 0 bridgehead atoms. The van der Waals surface area contributed by atoms with E-state index in [0.717, 1.165) is 0 Å². The van der Waals surface area contributed by atoms with Crippen molar-refractivity contribution >= 4 is 34.6 Å². The molecule has 2 aromatic heterocycles. The number of amides is 1. The third kappa shape index (κ3) is 4.78. The molecule has 1 saturated heterocycles. The SMILES string of the molecule is CC(CF)N1CCCN(C(=O)c2cc(Cc3c[nH]c(=O)c4cc(Cl)c(Cl)n34)ccc2F)CC1. The van der Waals surface area contributed by atoms with Crippen molar-refractivity contribution in [2.24, 2.45) is 0 Å². The first kappa shape index (κ1) is 23.7. The highest BCUT2D eigenvalue weighted by molar-refractivity contribution is 6.42. The number of aromatic nitrogens is 2. The third-order valence-corrected chi connectivity index (χ3v) is 6.86. The summed E-state index contributed by atoms with van der Waals surface area (Å²) in [6.45, 7) is 3.50. The van der Waals surface area contributed by atoms with Gasteiger partial charge in [-0.1, -0.05) is 29.3 Å². The van der Waals surface area contributed by atoms with Gasteiger partial charge in [0, 0.05) is 50.5 Å². The zero-order valence-corrected chi connectivity index (χ0v) is 19.6. The Bertz CT molecular complexity index is 1240. The lowest BCUT2D eigenvalue weighted by molar-refractivity contribution is 0.0752. The van der Waals surface area contributed by atoms with Crippen molar-refractivity contribution in [1.29, 1.82) is 0 Å². The Balaban J connectivity index is 1.59. The predicted octanol–water partition coefficient (Wildman–Crippen LogP) is 4.17. The molecule has 1 unspecified atom stereocenters. The van der Waals surface area contributed by atoms with Gasteiger partial charge in [0.05, 0.1) is 10.6 Å². The maximum Gasteiger partial charge on any atom is 0.272 e. The minimum Gasteiger partial charge on any atom is -0.337 e. The van der Waals surface area contributed by atoms with Crippen molar-refractivity contribution in [3.63, 3.8) is 0 Å². The number of halogens is 4. The number of carbonyl (C=O) groups excluding carboxylic acids is 1. The smallest absolute Gasteiger partial charge is 0.272 e. The van der Waals surface area contributed by atoms with Gasteiger partial charge in [-0.15, -0.1) is 0 Å². The summed E-state index contributed by atoms with van der Waals surface area (Å²) in [7, 11) is 0. The maximum atomic E-state index is 14.6. The summed E-state index contributed by atoms with van der Waals surface area (Å²) in [6, 6.07) is 5.67. The Labute approximate surface area is 199 Å². The number of H-pyrrole nitrogens is 1. The van der Waals surface area contributed by atoms with Gasteiger partial charge < -0.3 is 9.88 Å². The maximum absolute atomic E-state index is 14.6. The minimum atomic E-state index is -0.601. The second kappa shape index (κ2) is 9.83. The van der Waals surface area contributed by atoms with E-state index in [2.05, 4.69) is 4.98 Å². The normalized spacial score (nSPS) is 16.2. The Morgan fingerprint density at radius 3 is 2.73 bits per heavy atom. The number of nitrogens with zero attached hydrogens (tertiary/aromatic N) is 3. The van der Waals surface area contributed by atoms with Gasteiger partial charge in [0.2, 0.25) is 0 Å². The van der Waals surface area contributed by atoms with Gasteiger partial charge >= 0.3 is 0 Å². The number of rotatable bonds is 5.